The van der Waals surface area contributed by atoms with Crippen LogP contribution in [0.15, 0.2) is 0 Å². The van der Waals surface area contributed by atoms with Gasteiger partial charge in [0.05, 0.1) is 0 Å². The fraction of sp³-hybridized carbons (Fsp3) is 0.938. The van der Waals surface area contributed by atoms with E-state index in [1.807, 2.05) is 0 Å². The van der Waals surface area contributed by atoms with Crippen LogP contribution in [0.4, 0.5) is 0 Å². The third-order valence-electron chi connectivity index (χ3n) is 4.99. The fourth-order valence-electron chi connectivity index (χ4n) is 3.63. The van der Waals surface area contributed by atoms with Crippen LogP contribution in [0.3, 0.4) is 0 Å². The molecule has 3 nitrogen and oxygen atoms in total. The molecule has 1 heterocycles. The summed E-state index contributed by atoms with van der Waals surface area (Å²) in [6.45, 7) is 7.48. The van der Waals surface area contributed by atoms with E-state index in [4.69, 9.17) is 4.74 Å². The van der Waals surface area contributed by atoms with Crippen LogP contribution in [-0.4, -0.2) is 24.7 Å². The van der Waals surface area contributed by atoms with Crippen molar-refractivity contribution in [2.24, 2.45) is 11.3 Å². The summed E-state index contributed by atoms with van der Waals surface area (Å²) >= 11 is 0. The van der Waals surface area contributed by atoms with E-state index in [-0.39, 0.29) is 23.5 Å². The highest BCUT2D eigenvalue weighted by Gasteiger charge is 2.40. The van der Waals surface area contributed by atoms with Gasteiger partial charge in [0.25, 0.3) is 0 Å². The largest absolute Gasteiger partial charge is 0.461 e. The van der Waals surface area contributed by atoms with Gasteiger partial charge in [-0.25, -0.2) is 0 Å². The standard InChI is InChI=1S/C16H29NO2/c1-4-12-8-5-6-9-13(12)19-15(18)14-16(2,3)10-7-11-17-14/h12-14,17H,4-11H2,1-3H3. The first-order valence-electron chi connectivity index (χ1n) is 7.98. The van der Waals surface area contributed by atoms with Crippen LogP contribution in [-0.2, 0) is 9.53 Å². The first kappa shape index (κ1) is 14.8. The molecule has 1 saturated carbocycles. The molecule has 2 fully saturated rings. The third-order valence-corrected chi connectivity index (χ3v) is 4.99. The van der Waals surface area contributed by atoms with Gasteiger partial charge in [-0.3, -0.25) is 4.79 Å². The Morgan fingerprint density at radius 2 is 2.00 bits per heavy atom. The molecule has 0 amide bonds. The van der Waals surface area contributed by atoms with Gasteiger partial charge in [-0.1, -0.05) is 27.2 Å². The Bertz CT molecular complexity index is 314. The quantitative estimate of drug-likeness (QED) is 0.798. The van der Waals surface area contributed by atoms with Crippen molar-refractivity contribution in [3.8, 4) is 0 Å². The lowest BCUT2D eigenvalue weighted by Crippen LogP contribution is -2.53. The zero-order chi connectivity index (χ0) is 13.9. The van der Waals surface area contributed by atoms with E-state index < -0.39 is 0 Å². The Kier molecular flexibility index (Phi) is 4.88. The summed E-state index contributed by atoms with van der Waals surface area (Å²) in [4.78, 5) is 12.5. The van der Waals surface area contributed by atoms with Crippen LogP contribution < -0.4 is 5.32 Å². The van der Waals surface area contributed by atoms with Gasteiger partial charge in [0.2, 0.25) is 0 Å². The normalized spacial score (nSPS) is 34.8. The summed E-state index contributed by atoms with van der Waals surface area (Å²) in [5.74, 6) is 0.555. The summed E-state index contributed by atoms with van der Waals surface area (Å²) in [6.07, 6.45) is 8.30. The molecule has 0 aromatic heterocycles. The van der Waals surface area contributed by atoms with Gasteiger partial charge >= 0.3 is 5.97 Å². The highest BCUT2D eigenvalue weighted by Crippen LogP contribution is 2.33. The molecule has 2 rings (SSSR count). The number of piperidine rings is 1. The van der Waals surface area contributed by atoms with Crippen LogP contribution in [0.5, 0.6) is 0 Å². The molecule has 110 valence electrons. The van der Waals surface area contributed by atoms with E-state index >= 15 is 0 Å². The van der Waals surface area contributed by atoms with Crippen LogP contribution in [0, 0.1) is 11.3 Å². The predicted octanol–water partition coefficient (Wildman–Crippen LogP) is 3.28. The molecule has 0 bridgehead atoms. The Hall–Kier alpha value is -0.570. The maximum Gasteiger partial charge on any atom is 0.323 e. The Morgan fingerprint density at radius 3 is 2.68 bits per heavy atom. The van der Waals surface area contributed by atoms with Gasteiger partial charge in [-0.15, -0.1) is 0 Å². The van der Waals surface area contributed by atoms with Gasteiger partial charge in [0, 0.05) is 0 Å². The number of carbonyl (C=O) groups excluding carboxylic acids is 1. The lowest BCUT2D eigenvalue weighted by molar-refractivity contribution is -0.160. The summed E-state index contributed by atoms with van der Waals surface area (Å²) in [5.41, 5.74) is 0.0196. The molecule has 1 aliphatic heterocycles. The average Bonchev–Trinajstić information content (AvgIpc) is 2.38. The monoisotopic (exact) mass is 267 g/mol. The minimum Gasteiger partial charge on any atom is -0.461 e. The van der Waals surface area contributed by atoms with Gasteiger partial charge < -0.3 is 10.1 Å². The third kappa shape index (κ3) is 3.50. The summed E-state index contributed by atoms with van der Waals surface area (Å²) in [6, 6.07) is -0.124. The zero-order valence-electron chi connectivity index (χ0n) is 12.7. The molecule has 0 spiro atoms. The van der Waals surface area contributed by atoms with Crippen molar-refractivity contribution in [3.05, 3.63) is 0 Å². The molecule has 1 aliphatic carbocycles. The molecule has 1 saturated heterocycles. The van der Waals surface area contributed by atoms with Crippen LogP contribution in [0.1, 0.15) is 65.7 Å². The second-order valence-corrected chi connectivity index (χ2v) is 6.91. The maximum absolute atomic E-state index is 12.5. The zero-order valence-corrected chi connectivity index (χ0v) is 12.7. The molecule has 0 aromatic carbocycles. The van der Waals surface area contributed by atoms with Gasteiger partial charge in [-0.2, -0.15) is 0 Å². The number of rotatable bonds is 3. The molecule has 0 aromatic rings. The van der Waals surface area contributed by atoms with E-state index in [1.54, 1.807) is 0 Å². The molecular weight excluding hydrogens is 238 g/mol. The van der Waals surface area contributed by atoms with Gasteiger partial charge in [0.15, 0.2) is 0 Å². The van der Waals surface area contributed by atoms with E-state index in [1.165, 1.54) is 19.3 Å². The molecular formula is C16H29NO2. The number of carbonyl (C=O) groups is 1. The van der Waals surface area contributed by atoms with Crippen molar-refractivity contribution in [2.75, 3.05) is 6.54 Å². The lowest BCUT2D eigenvalue weighted by Gasteiger charge is -2.39. The first-order chi connectivity index (χ1) is 9.04. The second-order valence-electron chi connectivity index (χ2n) is 6.91. The lowest BCUT2D eigenvalue weighted by atomic mass is 9.77. The molecule has 19 heavy (non-hydrogen) atoms. The molecule has 0 radical (unpaired) electrons. The van der Waals surface area contributed by atoms with E-state index in [0.717, 1.165) is 32.2 Å². The van der Waals surface area contributed by atoms with Crippen molar-refractivity contribution in [2.45, 2.75) is 77.9 Å². The first-order valence-corrected chi connectivity index (χ1v) is 7.98. The number of hydrogen-bond acceptors (Lipinski definition) is 3. The van der Waals surface area contributed by atoms with E-state index in [0.29, 0.717) is 5.92 Å². The van der Waals surface area contributed by atoms with E-state index in [9.17, 15) is 4.79 Å². The van der Waals surface area contributed by atoms with Gasteiger partial charge in [0.1, 0.15) is 12.1 Å². The van der Waals surface area contributed by atoms with E-state index in [2.05, 4.69) is 26.1 Å². The average molecular weight is 267 g/mol. The van der Waals surface area contributed by atoms with Crippen molar-refractivity contribution < 1.29 is 9.53 Å². The minimum absolute atomic E-state index is 0.0185. The smallest absolute Gasteiger partial charge is 0.323 e. The van der Waals surface area contributed by atoms with Gasteiger partial charge in [-0.05, 0) is 56.4 Å². The molecule has 1 N–H and O–H groups in total. The Morgan fingerprint density at radius 1 is 1.26 bits per heavy atom. The highest BCUT2D eigenvalue weighted by molar-refractivity contribution is 5.77. The summed E-state index contributed by atoms with van der Waals surface area (Å²) < 4.78 is 5.87. The molecule has 3 unspecified atom stereocenters. The highest BCUT2D eigenvalue weighted by atomic mass is 16.5. The Balaban J connectivity index is 1.95. The Labute approximate surface area is 117 Å². The SMILES string of the molecule is CCC1CCCCC1OC(=O)C1NCCCC1(C)C. The summed E-state index contributed by atoms with van der Waals surface area (Å²) in [5, 5.41) is 3.36. The predicted molar refractivity (Wildman–Crippen MR) is 76.9 cm³/mol. The van der Waals surface area contributed by atoms with Crippen molar-refractivity contribution >= 4 is 5.97 Å². The summed E-state index contributed by atoms with van der Waals surface area (Å²) in [7, 11) is 0. The van der Waals surface area contributed by atoms with Crippen LogP contribution in [0.25, 0.3) is 0 Å². The second kappa shape index (κ2) is 6.25. The molecule has 2 aliphatic rings. The van der Waals surface area contributed by atoms with Crippen molar-refractivity contribution in [3.63, 3.8) is 0 Å². The maximum atomic E-state index is 12.5. The molecule has 3 heteroatoms. The number of esters is 1. The molecule has 3 atom stereocenters. The topological polar surface area (TPSA) is 38.3 Å². The van der Waals surface area contributed by atoms with Crippen molar-refractivity contribution in [1.29, 1.82) is 0 Å². The number of nitrogens with one attached hydrogen (secondary N) is 1. The number of hydrogen-bond donors (Lipinski definition) is 1. The minimum atomic E-state index is -0.124. The fourth-order valence-corrected chi connectivity index (χ4v) is 3.63. The van der Waals surface area contributed by atoms with Crippen molar-refractivity contribution in [1.82, 2.24) is 5.32 Å². The van der Waals surface area contributed by atoms with Crippen LogP contribution >= 0.6 is 0 Å². The number of ether oxygens (including phenoxy) is 1. The van der Waals surface area contributed by atoms with Crippen LogP contribution in [0.2, 0.25) is 0 Å².